The molecule has 1 aromatic carbocycles. The highest BCUT2D eigenvalue weighted by molar-refractivity contribution is 5.95. The van der Waals surface area contributed by atoms with Gasteiger partial charge in [-0.3, -0.25) is 4.79 Å². The van der Waals surface area contributed by atoms with E-state index in [0.717, 1.165) is 24.0 Å². The zero-order valence-corrected chi connectivity index (χ0v) is 16.8. The topological polar surface area (TPSA) is 69.7 Å². The van der Waals surface area contributed by atoms with E-state index in [1.807, 2.05) is 12.1 Å². The second-order valence-electron chi connectivity index (χ2n) is 6.22. The third kappa shape index (κ3) is 5.49. The van der Waals surface area contributed by atoms with Gasteiger partial charge in [0.15, 0.2) is 11.5 Å². The Morgan fingerprint density at radius 1 is 1.25 bits per heavy atom. The van der Waals surface area contributed by atoms with Crippen molar-refractivity contribution in [3.05, 3.63) is 59.8 Å². The minimum atomic E-state index is -0.213. The van der Waals surface area contributed by atoms with Crippen LogP contribution >= 0.6 is 0 Å². The number of benzene rings is 1. The second-order valence-corrected chi connectivity index (χ2v) is 6.22. The molecule has 1 amide bonds. The molecule has 0 bridgehead atoms. The SMILES string of the molecule is C=CCc1cc(C(=O)NCc2cccnc2OCCCC)cc(OC)c1OC. The van der Waals surface area contributed by atoms with Gasteiger partial charge in [0, 0.05) is 29.4 Å². The van der Waals surface area contributed by atoms with Crippen molar-refractivity contribution in [3.63, 3.8) is 0 Å². The molecule has 1 N–H and O–H groups in total. The first-order chi connectivity index (χ1) is 13.6. The molecule has 0 radical (unpaired) electrons. The highest BCUT2D eigenvalue weighted by Gasteiger charge is 2.16. The molecule has 0 unspecified atom stereocenters. The molecule has 6 heteroatoms. The van der Waals surface area contributed by atoms with Crippen LogP contribution in [0, 0.1) is 0 Å². The fourth-order valence-corrected chi connectivity index (χ4v) is 2.76. The number of ether oxygens (including phenoxy) is 3. The lowest BCUT2D eigenvalue weighted by molar-refractivity contribution is 0.0950. The predicted molar refractivity (Wildman–Crippen MR) is 109 cm³/mol. The zero-order chi connectivity index (χ0) is 20.4. The van der Waals surface area contributed by atoms with Crippen LogP contribution in [-0.2, 0) is 13.0 Å². The summed E-state index contributed by atoms with van der Waals surface area (Å²) in [4.78, 5) is 17.0. The fraction of sp³-hybridized carbons (Fsp3) is 0.364. The molecular formula is C22H28N2O4. The molecule has 0 aliphatic heterocycles. The fourth-order valence-electron chi connectivity index (χ4n) is 2.76. The molecule has 6 nitrogen and oxygen atoms in total. The first-order valence-electron chi connectivity index (χ1n) is 9.35. The minimum absolute atomic E-state index is 0.213. The lowest BCUT2D eigenvalue weighted by Gasteiger charge is -2.15. The number of unbranched alkanes of at least 4 members (excludes halogenated alkanes) is 1. The van der Waals surface area contributed by atoms with Crippen molar-refractivity contribution in [3.8, 4) is 17.4 Å². The number of hydrogen-bond acceptors (Lipinski definition) is 5. The number of pyridine rings is 1. The smallest absolute Gasteiger partial charge is 0.251 e. The quantitative estimate of drug-likeness (QED) is 0.469. The summed E-state index contributed by atoms with van der Waals surface area (Å²) in [6.45, 7) is 6.79. The van der Waals surface area contributed by atoms with Gasteiger partial charge in [0.2, 0.25) is 5.88 Å². The van der Waals surface area contributed by atoms with E-state index in [1.54, 1.807) is 38.6 Å². The van der Waals surface area contributed by atoms with Gasteiger partial charge >= 0.3 is 0 Å². The van der Waals surface area contributed by atoms with E-state index in [-0.39, 0.29) is 5.91 Å². The summed E-state index contributed by atoms with van der Waals surface area (Å²) in [6.07, 6.45) is 6.01. The molecule has 0 saturated heterocycles. The molecule has 2 aromatic rings. The summed E-state index contributed by atoms with van der Waals surface area (Å²) < 4.78 is 16.5. The van der Waals surface area contributed by atoms with Crippen molar-refractivity contribution in [2.45, 2.75) is 32.7 Å². The maximum Gasteiger partial charge on any atom is 0.251 e. The lowest BCUT2D eigenvalue weighted by atomic mass is 10.0. The average molecular weight is 384 g/mol. The Morgan fingerprint density at radius 2 is 2.07 bits per heavy atom. The number of amides is 1. The largest absolute Gasteiger partial charge is 0.493 e. The molecule has 0 spiro atoms. The maximum atomic E-state index is 12.7. The van der Waals surface area contributed by atoms with E-state index in [0.29, 0.717) is 42.5 Å². The molecule has 1 aromatic heterocycles. The van der Waals surface area contributed by atoms with Crippen LogP contribution in [0.1, 0.15) is 41.3 Å². The third-order valence-corrected chi connectivity index (χ3v) is 4.21. The summed E-state index contributed by atoms with van der Waals surface area (Å²) in [5.74, 6) is 1.46. The van der Waals surface area contributed by atoms with Crippen molar-refractivity contribution < 1.29 is 19.0 Å². The summed E-state index contributed by atoms with van der Waals surface area (Å²) in [6, 6.07) is 7.18. The molecule has 0 atom stereocenters. The molecular weight excluding hydrogens is 356 g/mol. The molecule has 28 heavy (non-hydrogen) atoms. The number of rotatable bonds is 11. The first-order valence-corrected chi connectivity index (χ1v) is 9.35. The van der Waals surface area contributed by atoms with Crippen LogP contribution in [0.5, 0.6) is 17.4 Å². The van der Waals surface area contributed by atoms with Crippen LogP contribution in [0.3, 0.4) is 0 Å². The van der Waals surface area contributed by atoms with Crippen LogP contribution in [0.25, 0.3) is 0 Å². The van der Waals surface area contributed by atoms with Crippen molar-refractivity contribution >= 4 is 5.91 Å². The Bertz CT molecular complexity index is 805. The van der Waals surface area contributed by atoms with Crippen LogP contribution in [0.4, 0.5) is 0 Å². The Balaban J connectivity index is 2.15. The molecule has 2 rings (SSSR count). The number of allylic oxidation sites excluding steroid dienone is 1. The normalized spacial score (nSPS) is 10.2. The zero-order valence-electron chi connectivity index (χ0n) is 16.8. The number of methoxy groups -OCH3 is 2. The van der Waals surface area contributed by atoms with Crippen LogP contribution in [0.15, 0.2) is 43.1 Å². The van der Waals surface area contributed by atoms with E-state index < -0.39 is 0 Å². The van der Waals surface area contributed by atoms with Gasteiger partial charge in [-0.2, -0.15) is 0 Å². The lowest BCUT2D eigenvalue weighted by Crippen LogP contribution is -2.23. The Morgan fingerprint density at radius 3 is 2.75 bits per heavy atom. The number of hydrogen-bond donors (Lipinski definition) is 1. The van der Waals surface area contributed by atoms with Gasteiger partial charge in [0.05, 0.1) is 20.8 Å². The summed E-state index contributed by atoms with van der Waals surface area (Å²) in [5.41, 5.74) is 2.16. The van der Waals surface area contributed by atoms with Crippen molar-refractivity contribution in [2.75, 3.05) is 20.8 Å². The van der Waals surface area contributed by atoms with Gasteiger partial charge in [-0.1, -0.05) is 25.5 Å². The van der Waals surface area contributed by atoms with Gasteiger partial charge in [-0.05, 0) is 31.0 Å². The van der Waals surface area contributed by atoms with Gasteiger partial charge in [-0.25, -0.2) is 4.98 Å². The number of nitrogens with zero attached hydrogens (tertiary/aromatic N) is 1. The Kier molecular flexibility index (Phi) is 8.34. The van der Waals surface area contributed by atoms with Crippen LogP contribution in [-0.4, -0.2) is 31.7 Å². The van der Waals surface area contributed by atoms with E-state index in [9.17, 15) is 4.79 Å². The van der Waals surface area contributed by atoms with E-state index in [4.69, 9.17) is 14.2 Å². The van der Waals surface area contributed by atoms with Gasteiger partial charge in [0.1, 0.15) is 0 Å². The molecule has 150 valence electrons. The van der Waals surface area contributed by atoms with Crippen molar-refractivity contribution in [1.82, 2.24) is 10.3 Å². The number of carbonyl (C=O) groups excluding carboxylic acids is 1. The highest BCUT2D eigenvalue weighted by atomic mass is 16.5. The number of nitrogens with one attached hydrogen (secondary N) is 1. The van der Waals surface area contributed by atoms with E-state index in [2.05, 4.69) is 23.8 Å². The molecule has 0 aliphatic rings. The molecule has 1 heterocycles. The van der Waals surface area contributed by atoms with E-state index in [1.165, 1.54) is 0 Å². The third-order valence-electron chi connectivity index (χ3n) is 4.21. The minimum Gasteiger partial charge on any atom is -0.493 e. The standard InChI is InChI=1S/C22H28N2O4/c1-5-7-12-28-22-17(10-8-11-23-22)15-24-21(25)18-13-16(9-6-2)20(27-4)19(14-18)26-3/h6,8,10-11,13-14H,2,5,7,9,12,15H2,1,3-4H3,(H,24,25). The highest BCUT2D eigenvalue weighted by Crippen LogP contribution is 2.33. The number of aromatic nitrogens is 1. The predicted octanol–water partition coefficient (Wildman–Crippen LogP) is 3.94. The number of carbonyl (C=O) groups is 1. The molecule has 0 fully saturated rings. The summed E-state index contributed by atoms with van der Waals surface area (Å²) >= 11 is 0. The van der Waals surface area contributed by atoms with Crippen LogP contribution in [0.2, 0.25) is 0 Å². The second kappa shape index (κ2) is 11.0. The Labute approximate surface area is 166 Å². The maximum absolute atomic E-state index is 12.7. The van der Waals surface area contributed by atoms with Gasteiger partial charge in [-0.15, -0.1) is 6.58 Å². The monoisotopic (exact) mass is 384 g/mol. The van der Waals surface area contributed by atoms with Gasteiger partial charge in [0.25, 0.3) is 5.91 Å². The van der Waals surface area contributed by atoms with Crippen molar-refractivity contribution in [1.29, 1.82) is 0 Å². The van der Waals surface area contributed by atoms with Crippen molar-refractivity contribution in [2.24, 2.45) is 0 Å². The first kappa shape index (κ1) is 21.3. The molecule has 0 aliphatic carbocycles. The summed E-state index contributed by atoms with van der Waals surface area (Å²) in [5, 5.41) is 2.92. The summed E-state index contributed by atoms with van der Waals surface area (Å²) in [7, 11) is 3.12. The van der Waals surface area contributed by atoms with Crippen LogP contribution < -0.4 is 19.5 Å². The average Bonchev–Trinajstić information content (AvgIpc) is 2.72. The molecule has 0 saturated carbocycles. The Hall–Kier alpha value is -3.02. The van der Waals surface area contributed by atoms with Gasteiger partial charge < -0.3 is 19.5 Å². The van der Waals surface area contributed by atoms with E-state index >= 15 is 0 Å².